The average molecular weight is 447 g/mol. The van der Waals surface area contributed by atoms with Crippen LogP contribution in [0.4, 0.5) is 5.69 Å². The summed E-state index contributed by atoms with van der Waals surface area (Å²) in [5, 5.41) is 0. The Morgan fingerprint density at radius 2 is 1.45 bits per heavy atom. The third-order valence-corrected chi connectivity index (χ3v) is 6.52. The maximum atomic E-state index is 13.8. The first-order chi connectivity index (χ1) is 16.0. The molecular weight excluding hydrogens is 412 g/mol. The number of benzene rings is 2. The molecule has 0 bridgehead atoms. The van der Waals surface area contributed by atoms with Gasteiger partial charge in [0.1, 0.15) is 11.4 Å². The molecule has 0 saturated heterocycles. The summed E-state index contributed by atoms with van der Waals surface area (Å²) >= 11 is 0. The van der Waals surface area contributed by atoms with Crippen LogP contribution in [0.25, 0.3) is 5.57 Å². The monoisotopic (exact) mass is 446 g/mol. The third kappa shape index (κ3) is 4.97. The van der Waals surface area contributed by atoms with Gasteiger partial charge >= 0.3 is 0 Å². The van der Waals surface area contributed by atoms with Crippen molar-refractivity contribution in [1.82, 2.24) is 4.90 Å². The molecule has 2 amide bonds. The Morgan fingerprint density at radius 3 is 2.06 bits per heavy atom. The Morgan fingerprint density at radius 1 is 0.848 bits per heavy atom. The second-order valence-electron chi connectivity index (χ2n) is 9.29. The minimum absolute atomic E-state index is 0.0366. The molecule has 1 saturated carbocycles. The Labute approximate surface area is 197 Å². The lowest BCUT2D eigenvalue weighted by molar-refractivity contribution is -0.140. The summed E-state index contributed by atoms with van der Waals surface area (Å²) in [6.45, 7) is 3.96. The normalized spacial score (nSPS) is 18.0. The van der Waals surface area contributed by atoms with Gasteiger partial charge in [-0.2, -0.15) is 0 Å². The number of nitrogens with zero attached hydrogens (tertiary/aromatic N) is 2. The predicted molar refractivity (Wildman–Crippen MR) is 132 cm³/mol. The zero-order chi connectivity index (χ0) is 23.4. The molecule has 5 nitrogen and oxygen atoms in total. The topological polar surface area (TPSA) is 49.9 Å². The molecule has 33 heavy (non-hydrogen) atoms. The minimum atomic E-state index is -0.186. The second-order valence-corrected chi connectivity index (χ2v) is 9.29. The van der Waals surface area contributed by atoms with E-state index in [9.17, 15) is 9.59 Å². The van der Waals surface area contributed by atoms with Crippen LogP contribution in [0.15, 0.2) is 60.3 Å². The summed E-state index contributed by atoms with van der Waals surface area (Å²) in [6.07, 6.45) is 7.53. The quantitative estimate of drug-likeness (QED) is 0.526. The van der Waals surface area contributed by atoms with Crippen molar-refractivity contribution >= 4 is 23.1 Å². The maximum Gasteiger partial charge on any atom is 0.278 e. The molecule has 1 heterocycles. The number of anilines is 1. The van der Waals surface area contributed by atoms with Gasteiger partial charge in [-0.15, -0.1) is 0 Å². The zero-order valence-corrected chi connectivity index (χ0v) is 19.9. The number of amides is 2. The van der Waals surface area contributed by atoms with Gasteiger partial charge in [-0.1, -0.05) is 62.4 Å². The number of hydrogen-bond donors (Lipinski definition) is 0. The van der Waals surface area contributed by atoms with Crippen LogP contribution in [0.2, 0.25) is 0 Å². The number of ether oxygens (including phenoxy) is 1. The lowest BCUT2D eigenvalue weighted by Crippen LogP contribution is -2.42. The van der Waals surface area contributed by atoms with Crippen LogP contribution >= 0.6 is 0 Å². The van der Waals surface area contributed by atoms with E-state index in [2.05, 4.69) is 0 Å². The summed E-state index contributed by atoms with van der Waals surface area (Å²) in [6, 6.07) is 17.2. The van der Waals surface area contributed by atoms with E-state index in [1.807, 2.05) is 80.4 Å². The summed E-state index contributed by atoms with van der Waals surface area (Å²) in [4.78, 5) is 31.0. The Hall–Kier alpha value is -3.08. The van der Waals surface area contributed by atoms with Crippen molar-refractivity contribution in [2.45, 2.75) is 70.9 Å². The number of imide groups is 1. The minimum Gasteiger partial charge on any atom is -0.491 e. The Balaban J connectivity index is 1.74. The molecule has 2 aliphatic rings. The number of likely N-dealkylation sites (N-methyl/N-ethyl adjacent to an activating group) is 1. The Bertz CT molecular complexity index is 1000. The van der Waals surface area contributed by atoms with Crippen LogP contribution in [0.1, 0.15) is 64.4 Å². The van der Waals surface area contributed by atoms with Gasteiger partial charge in [0.2, 0.25) is 0 Å². The van der Waals surface area contributed by atoms with Crippen molar-refractivity contribution in [2.75, 3.05) is 11.9 Å². The van der Waals surface area contributed by atoms with E-state index in [-0.39, 0.29) is 24.0 Å². The molecule has 174 valence electrons. The molecular formula is C28H34N2O3. The van der Waals surface area contributed by atoms with Crippen molar-refractivity contribution in [3.05, 3.63) is 65.9 Å². The number of hydrogen-bond acceptors (Lipinski definition) is 4. The zero-order valence-electron chi connectivity index (χ0n) is 19.9. The van der Waals surface area contributed by atoms with Crippen LogP contribution in [-0.4, -0.2) is 35.9 Å². The largest absolute Gasteiger partial charge is 0.491 e. The first kappa shape index (κ1) is 23.1. The molecule has 0 aromatic heterocycles. The molecule has 0 radical (unpaired) electrons. The molecule has 0 unspecified atom stereocenters. The van der Waals surface area contributed by atoms with Crippen molar-refractivity contribution in [3.63, 3.8) is 0 Å². The van der Waals surface area contributed by atoms with Gasteiger partial charge in [0.05, 0.1) is 11.7 Å². The van der Waals surface area contributed by atoms with E-state index < -0.39 is 0 Å². The predicted octanol–water partition coefficient (Wildman–Crippen LogP) is 5.80. The first-order valence-electron chi connectivity index (χ1n) is 12.2. The standard InChI is InChI=1S/C28H34N2O3/c1-20(2)33-24-18-16-21(17-19-24)25-26(29(3)22-12-10-7-11-13-22)28(32)30(27(25)31)23-14-8-5-4-6-9-15-23/h7,10-13,16-20,23H,4-6,8-9,14-15H2,1-3H3. The molecule has 0 atom stereocenters. The van der Waals surface area contributed by atoms with E-state index in [4.69, 9.17) is 4.74 Å². The van der Waals surface area contributed by atoms with Gasteiger partial charge in [0.15, 0.2) is 0 Å². The van der Waals surface area contributed by atoms with Gasteiger partial charge in [0.25, 0.3) is 11.8 Å². The van der Waals surface area contributed by atoms with Crippen LogP contribution in [0.3, 0.4) is 0 Å². The van der Waals surface area contributed by atoms with E-state index in [1.165, 1.54) is 19.3 Å². The maximum absolute atomic E-state index is 13.8. The van der Waals surface area contributed by atoms with Gasteiger partial charge in [-0.05, 0) is 56.5 Å². The van der Waals surface area contributed by atoms with Crippen LogP contribution in [-0.2, 0) is 9.59 Å². The van der Waals surface area contributed by atoms with Crippen molar-refractivity contribution in [2.24, 2.45) is 0 Å². The van der Waals surface area contributed by atoms with Gasteiger partial charge in [-0.25, -0.2) is 0 Å². The molecule has 0 spiro atoms. The van der Waals surface area contributed by atoms with Crippen molar-refractivity contribution in [3.8, 4) is 5.75 Å². The van der Waals surface area contributed by atoms with Crippen molar-refractivity contribution < 1.29 is 14.3 Å². The smallest absolute Gasteiger partial charge is 0.278 e. The molecule has 1 aliphatic carbocycles. The van der Waals surface area contributed by atoms with E-state index in [0.717, 1.165) is 42.7 Å². The van der Waals surface area contributed by atoms with E-state index in [1.54, 1.807) is 4.90 Å². The molecule has 4 rings (SSSR count). The molecule has 0 N–H and O–H groups in total. The van der Waals surface area contributed by atoms with Crippen LogP contribution in [0, 0.1) is 0 Å². The van der Waals surface area contributed by atoms with E-state index in [0.29, 0.717) is 11.3 Å². The van der Waals surface area contributed by atoms with Crippen molar-refractivity contribution in [1.29, 1.82) is 0 Å². The fourth-order valence-corrected chi connectivity index (χ4v) is 4.88. The highest BCUT2D eigenvalue weighted by molar-refractivity contribution is 6.36. The molecule has 5 heteroatoms. The fourth-order valence-electron chi connectivity index (χ4n) is 4.88. The third-order valence-electron chi connectivity index (χ3n) is 6.52. The highest BCUT2D eigenvalue weighted by atomic mass is 16.5. The number of rotatable bonds is 6. The van der Waals surface area contributed by atoms with Gasteiger partial charge < -0.3 is 9.64 Å². The molecule has 1 fully saturated rings. The lowest BCUT2D eigenvalue weighted by atomic mass is 9.95. The SMILES string of the molecule is CC(C)Oc1ccc(C2=C(N(C)c3ccccc3)C(=O)N(C3CCCCCCC3)C2=O)cc1. The van der Waals surface area contributed by atoms with Gasteiger partial charge in [0, 0.05) is 18.8 Å². The van der Waals surface area contributed by atoms with Crippen LogP contribution < -0.4 is 9.64 Å². The average Bonchev–Trinajstić information content (AvgIpc) is 3.04. The highest BCUT2D eigenvalue weighted by Crippen LogP contribution is 2.37. The van der Waals surface area contributed by atoms with E-state index >= 15 is 0 Å². The second kappa shape index (κ2) is 10.2. The number of para-hydroxylation sites is 1. The molecule has 2 aromatic carbocycles. The summed E-state index contributed by atoms with van der Waals surface area (Å²) in [5.74, 6) is 0.385. The summed E-state index contributed by atoms with van der Waals surface area (Å²) < 4.78 is 5.78. The molecule has 1 aliphatic heterocycles. The summed E-state index contributed by atoms with van der Waals surface area (Å²) in [5.41, 5.74) is 2.55. The fraction of sp³-hybridized carbons (Fsp3) is 0.429. The summed E-state index contributed by atoms with van der Waals surface area (Å²) in [7, 11) is 1.87. The van der Waals surface area contributed by atoms with Crippen LogP contribution in [0.5, 0.6) is 5.75 Å². The first-order valence-corrected chi connectivity index (χ1v) is 12.2. The number of carbonyl (C=O) groups excluding carboxylic acids is 2. The van der Waals surface area contributed by atoms with Gasteiger partial charge in [-0.3, -0.25) is 14.5 Å². The Kier molecular flexibility index (Phi) is 7.17. The lowest BCUT2D eigenvalue weighted by Gasteiger charge is -2.29. The highest BCUT2D eigenvalue weighted by Gasteiger charge is 2.44. The number of carbonyl (C=O) groups is 2. The molecule has 2 aromatic rings.